The molecule has 42 heteroatoms. The molecule has 16 N–H and O–H groups in total. The predicted octanol–water partition coefficient (Wildman–Crippen LogP) is 4.41. The van der Waals surface area contributed by atoms with Gasteiger partial charge in [-0.1, -0.05) is 110 Å². The number of anilines is 1. The van der Waals surface area contributed by atoms with Crippen molar-refractivity contribution in [2.45, 2.75) is 272 Å². The molecule has 0 aromatic heterocycles. The third-order valence-corrected chi connectivity index (χ3v) is 27.4. The Morgan fingerprint density at radius 2 is 1.47 bits per heavy atom. The van der Waals surface area contributed by atoms with Crippen LogP contribution in [-0.4, -0.2) is 289 Å². The molecule has 2 aromatic carbocycles. The Morgan fingerprint density at radius 1 is 0.787 bits per heavy atom. The fraction of sp³-hybridized carbons (Fsp3) is 0.635. The lowest BCUT2D eigenvalue weighted by Gasteiger charge is -2.47. The number of carbonyl (C=O) groups is 9. The number of allylic oxidation sites excluding steroid dienone is 3. The minimum Gasteiger partial charge on any atom is -0.492 e. The molecular weight excluding hydrogens is 1830 g/mol. The number of aliphatic hydroxyl groups excluding tert-OH is 4. The first kappa shape index (κ1) is 105. The number of benzene rings is 2. The number of primary amides is 1. The van der Waals surface area contributed by atoms with E-state index in [2.05, 4.69) is 61.1 Å². The van der Waals surface area contributed by atoms with Gasteiger partial charge in [-0.2, -0.15) is 5.48 Å². The third kappa shape index (κ3) is 28.2. The maximum atomic E-state index is 14.7. The van der Waals surface area contributed by atoms with E-state index in [4.69, 9.17) is 77.9 Å². The van der Waals surface area contributed by atoms with Crippen molar-refractivity contribution in [2.75, 3.05) is 72.9 Å². The monoisotopic (exact) mass is 1950 g/mol. The van der Waals surface area contributed by atoms with Crippen LogP contribution in [0.4, 0.5) is 20.1 Å². The number of ketones is 1. The summed E-state index contributed by atoms with van der Waals surface area (Å²) in [5.41, 5.74) is 12.6. The Bertz CT molecular complexity index is 4380. The summed E-state index contributed by atoms with van der Waals surface area (Å²) in [5.74, 6) is 8.22. The molecule has 8 rings (SSSR count). The van der Waals surface area contributed by atoms with E-state index in [-0.39, 0.29) is 109 Å². The number of fused-ring (bicyclic) bond motifs is 2. The second kappa shape index (κ2) is 49.0. The number of hydrogen-bond acceptors (Lipinski definition) is 33. The molecular formula is C85H121IN10O28S3. The minimum atomic E-state index is -2.17. The van der Waals surface area contributed by atoms with Crippen molar-refractivity contribution in [1.29, 1.82) is 0 Å². The second-order valence-electron chi connectivity index (χ2n) is 32.2. The van der Waals surface area contributed by atoms with E-state index < -0.39 is 198 Å². The number of aliphatic hydroxyl groups is 5. The van der Waals surface area contributed by atoms with Gasteiger partial charge in [0.2, 0.25) is 40.8 Å². The van der Waals surface area contributed by atoms with Crippen molar-refractivity contribution in [3.8, 4) is 40.9 Å². The number of nitrogens with one attached hydrogen (secondary N) is 7. The predicted molar refractivity (Wildman–Crippen MR) is 476 cm³/mol. The number of rotatable bonds is 39. The molecule has 6 aliphatic rings. The van der Waals surface area contributed by atoms with Crippen molar-refractivity contribution < 1.29 is 135 Å². The van der Waals surface area contributed by atoms with Crippen LogP contribution in [0.15, 0.2) is 59.3 Å². The van der Waals surface area contributed by atoms with E-state index in [1.54, 1.807) is 89.6 Å². The highest BCUT2D eigenvalue weighted by molar-refractivity contribution is 14.1. The summed E-state index contributed by atoms with van der Waals surface area (Å²) in [4.78, 5) is 130. The van der Waals surface area contributed by atoms with Gasteiger partial charge in [0, 0.05) is 74.4 Å². The number of likely N-dealkylation sites (N-methyl/N-ethyl adjacent to an activating group) is 1. The first-order valence-corrected chi connectivity index (χ1v) is 45.9. The highest BCUT2D eigenvalue weighted by Crippen LogP contribution is 2.50. The van der Waals surface area contributed by atoms with Crippen LogP contribution in [0.2, 0.25) is 0 Å². The van der Waals surface area contributed by atoms with E-state index in [1.807, 2.05) is 43.4 Å². The van der Waals surface area contributed by atoms with Gasteiger partial charge in [-0.3, -0.25) is 38.9 Å². The molecule has 704 valence electrons. The highest BCUT2D eigenvalue weighted by atomic mass is 127. The summed E-state index contributed by atoms with van der Waals surface area (Å²) in [6.07, 6.45) is -15.8. The molecule has 0 saturated carbocycles. The first-order valence-electron chi connectivity index (χ1n) is 41.6. The molecule has 0 radical (unpaired) electrons. The largest absolute Gasteiger partial charge is 0.492 e. The molecule has 2 aromatic rings. The maximum absolute atomic E-state index is 14.7. The molecule has 8 amide bonds. The van der Waals surface area contributed by atoms with Crippen LogP contribution in [0.25, 0.3) is 0 Å². The van der Waals surface area contributed by atoms with Crippen LogP contribution in [0, 0.1) is 40.1 Å². The lowest BCUT2D eigenvalue weighted by Crippen LogP contribution is -2.65. The number of methoxy groups -OCH3 is 5. The molecule has 38 nitrogen and oxygen atoms in total. The zero-order chi connectivity index (χ0) is 93.5. The molecule has 2 bridgehead atoms. The van der Waals surface area contributed by atoms with Gasteiger partial charge in [0.15, 0.2) is 41.8 Å². The van der Waals surface area contributed by atoms with Crippen LogP contribution in [0.1, 0.15) is 142 Å². The number of nitrogens with two attached hydrogens (primary N) is 2. The number of Topliss-reactive ketones (excluding diaryl/α,β-unsaturated/α-hetero) is 1. The summed E-state index contributed by atoms with van der Waals surface area (Å²) in [6.45, 7) is 19.0. The molecule has 2 aliphatic carbocycles. The van der Waals surface area contributed by atoms with Crippen LogP contribution in [0.5, 0.6) is 17.2 Å². The third-order valence-electron chi connectivity index (χ3n) is 21.5. The van der Waals surface area contributed by atoms with Gasteiger partial charge in [0.1, 0.15) is 61.4 Å². The summed E-state index contributed by atoms with van der Waals surface area (Å²) < 4.78 is 79.5. The van der Waals surface area contributed by atoms with Gasteiger partial charge in [0.05, 0.1) is 97.0 Å². The summed E-state index contributed by atoms with van der Waals surface area (Å²) in [7, 11) is 9.54. The average Bonchev–Trinajstić information content (AvgIpc) is 0.747. The number of urea groups is 1. The Hall–Kier alpha value is -7.65. The van der Waals surface area contributed by atoms with Crippen LogP contribution in [0.3, 0.4) is 0 Å². The normalized spacial score (nSPS) is 28.1. The topological polar surface area (TPSA) is 523 Å². The van der Waals surface area contributed by atoms with Gasteiger partial charge in [-0.25, -0.2) is 14.4 Å². The van der Waals surface area contributed by atoms with Crippen LogP contribution in [-0.2, 0) is 82.8 Å². The molecule has 4 fully saturated rings. The van der Waals surface area contributed by atoms with E-state index in [0.717, 1.165) is 18.9 Å². The second-order valence-corrected chi connectivity index (χ2v) is 37.6. The van der Waals surface area contributed by atoms with E-state index in [9.17, 15) is 68.7 Å². The van der Waals surface area contributed by atoms with Crippen LogP contribution < -0.4 is 63.1 Å². The molecule has 4 aliphatic heterocycles. The van der Waals surface area contributed by atoms with Gasteiger partial charge in [-0.15, -0.1) is 0 Å². The first-order chi connectivity index (χ1) is 60.2. The van der Waals surface area contributed by atoms with Crippen molar-refractivity contribution >= 4 is 114 Å². The van der Waals surface area contributed by atoms with Gasteiger partial charge in [-0.05, 0) is 137 Å². The smallest absolute Gasteiger partial charge is 0.411 e. The summed E-state index contributed by atoms with van der Waals surface area (Å²) in [6, 6.07) is 0.211. The number of alkyl carbamates (subject to hydrolysis) is 1. The standard InChI is InChI=1S/C85H121IN10O28S3/c1-17-96(83(109)117-40-48-28-30-49(31-29-48)91-75(103)52(26-24-35-89-81(88)107)92-77(105)63(42(2)3)93-76(104)51(90-47(8)97)25-21-23-34-87)53-41-116-58(38-57(53)111-12)122-72-67(101)64(44(5)119-80(72)121-56-27-20-18-19-22-33-85(110)39-55(99)65(94-82(108)115-16)61(56)50(85)32-36-125-127-84(9,10)11)95-124-59-37-54(98)74(46(7)118-59)126-78(106)60-43(4)62(86)70(73(114-15)69(60)112-13)123-79-68(102)71(113-14)66(100)45(6)120-79/h18-19,28-32,42,44-46,51-54,56-59,63-64,66-68,71-72,74,79-80,95,98,100-102,110H,17,21,23-26,34-41,87H2,1-16H3,(H,90,97)(H,91,103)(H,92,105)(H,93,104)(H,94,108)(H3,88,89,107)/t44-,45+,46-,51+,52+,53+,54+,56+,57+,58+,59+,63+,64-,66+,67+,68-,71-,72-,74-,79+,80+,85+/m1/s1. The Balaban J connectivity index is 1.00. The molecule has 0 spiro atoms. The number of amides is 8. The maximum Gasteiger partial charge on any atom is 0.411 e. The van der Waals surface area contributed by atoms with Gasteiger partial charge in [0.25, 0.3) is 0 Å². The van der Waals surface area contributed by atoms with E-state index in [1.165, 1.54) is 63.2 Å². The Morgan fingerprint density at radius 3 is 2.10 bits per heavy atom. The van der Waals surface area contributed by atoms with Gasteiger partial charge < -0.3 is 130 Å². The minimum absolute atomic E-state index is 0.00906. The zero-order valence-corrected chi connectivity index (χ0v) is 78.6. The fourth-order valence-electron chi connectivity index (χ4n) is 14.9. The van der Waals surface area contributed by atoms with E-state index in [0.29, 0.717) is 39.8 Å². The number of carbonyl (C=O) groups excluding carboxylic acids is 9. The molecule has 0 unspecified atom stereocenters. The lowest BCUT2D eigenvalue weighted by molar-refractivity contribution is -0.337. The number of hydrogen-bond donors (Lipinski definition) is 14. The number of nitrogens with zero attached hydrogens (tertiary/aromatic N) is 1. The number of ether oxygens (including phenoxy) is 13. The number of unbranched alkanes of at least 4 members (excludes halogenated alkanes) is 1. The summed E-state index contributed by atoms with van der Waals surface area (Å²) in [5, 5.41) is 73.8. The summed E-state index contributed by atoms with van der Waals surface area (Å²) >= 11 is 2.76. The number of halogens is 1. The molecule has 4 saturated heterocycles. The van der Waals surface area contributed by atoms with Gasteiger partial charge >= 0.3 is 18.2 Å². The molecule has 127 heavy (non-hydrogen) atoms. The average molecular weight is 1950 g/mol. The Labute approximate surface area is 764 Å². The Kier molecular flexibility index (Phi) is 40.4. The fourth-order valence-corrected chi connectivity index (χ4v) is 18.8. The number of hydroxylamine groups is 1. The van der Waals surface area contributed by atoms with Crippen molar-refractivity contribution in [2.24, 2.45) is 17.4 Å². The van der Waals surface area contributed by atoms with Crippen molar-refractivity contribution in [3.05, 3.63) is 79.6 Å². The molecule has 4 heterocycles. The van der Waals surface area contributed by atoms with Crippen molar-refractivity contribution in [1.82, 2.24) is 37.0 Å². The van der Waals surface area contributed by atoms with Crippen molar-refractivity contribution in [3.63, 3.8) is 0 Å². The number of thioether (sulfide) groups is 1. The van der Waals surface area contributed by atoms with E-state index >= 15 is 0 Å². The zero-order valence-electron chi connectivity index (χ0n) is 74.0. The highest BCUT2D eigenvalue weighted by Gasteiger charge is 2.53. The SMILES string of the molecule is CCN(C(=O)OCc1ccc(NC(=O)[C@H](CCCNC(N)=O)NC(=O)[C@@H](NC(=O)[C@H](CCCCN)NC(C)=O)C(C)C)cc1)[C@H]1CO[C@@H](O[C@H]2[C@H](O[C@H]3C#CC=CC#C[C@]4(O)CC(=O)C(NC(=O)OC)=C3C4=CCSSC(C)(C)C)O[C@H](C)[C@@H](NO[C@H]3C[C@H](O)[C@H](SC(=O)c4c(C)c(I)c(O[C@@H]5O[C@@H](C)[C@H](O)[C@@H](OC)[C@H]5O)c(OC)c4OC)[C@@H](C)O3)[C@@H]2O)C[C@@H]1OC. The quantitative estimate of drug-likeness (QED) is 0.0145. The lowest BCUT2D eigenvalue weighted by atomic mass is 9.75. The van der Waals surface area contributed by atoms with Crippen LogP contribution >= 0.6 is 55.9 Å². The molecule has 22 atom stereocenters.